The van der Waals surface area contributed by atoms with E-state index in [1.807, 2.05) is 13.8 Å². The molecule has 0 saturated carbocycles. The average molecular weight is 485 g/mol. The number of rotatable bonds is 5. The van der Waals surface area contributed by atoms with Gasteiger partial charge in [-0.3, -0.25) is 9.78 Å². The Bertz CT molecular complexity index is 1250. The lowest BCUT2D eigenvalue weighted by Crippen LogP contribution is -2.16. The second-order valence-electron chi connectivity index (χ2n) is 7.14. The average Bonchev–Trinajstić information content (AvgIpc) is 3.27. The van der Waals surface area contributed by atoms with E-state index in [1.54, 1.807) is 43.6 Å². The molecule has 0 aliphatic heterocycles. The summed E-state index contributed by atoms with van der Waals surface area (Å²) in [4.78, 5) is 24.7. The smallest absolute Gasteiger partial charge is 0.287 e. The van der Waals surface area contributed by atoms with Gasteiger partial charge in [-0.1, -0.05) is 25.4 Å². The maximum absolute atomic E-state index is 14.3. The van der Waals surface area contributed by atoms with Crippen molar-refractivity contribution in [3.8, 4) is 17.1 Å². The van der Waals surface area contributed by atoms with E-state index in [0.29, 0.717) is 28.2 Å². The number of nitrogens with one attached hydrogen (secondary N) is 1. The van der Waals surface area contributed by atoms with Gasteiger partial charge in [0.2, 0.25) is 0 Å². The SMILES string of the molecule is CC.Cc1cc(C(=O)Nc2ccc(-n3nc(-c4cccnc4)cc3C(C)(F)F)nc2)cc(Cl)n1. The molecule has 0 unspecified atom stereocenters. The van der Waals surface area contributed by atoms with Gasteiger partial charge in [-0.05, 0) is 49.4 Å². The van der Waals surface area contributed by atoms with Gasteiger partial charge in [0.05, 0.1) is 17.6 Å². The number of halogens is 3. The van der Waals surface area contributed by atoms with Crippen LogP contribution in [-0.4, -0.2) is 30.6 Å². The van der Waals surface area contributed by atoms with Crippen LogP contribution in [0.25, 0.3) is 17.1 Å². The number of anilines is 1. The summed E-state index contributed by atoms with van der Waals surface area (Å²) in [6.45, 7) is 6.52. The van der Waals surface area contributed by atoms with Crippen LogP contribution in [-0.2, 0) is 5.92 Å². The van der Waals surface area contributed by atoms with Crippen LogP contribution in [0.1, 0.15) is 42.5 Å². The van der Waals surface area contributed by atoms with Gasteiger partial charge in [-0.15, -0.1) is 0 Å². The fourth-order valence-electron chi connectivity index (χ4n) is 3.07. The standard InChI is InChI=1S/C22H17ClF2N6O.C2H6/c1-13-8-15(9-19(23)28-13)21(32)29-16-5-6-20(27-12-16)31-18(22(2,24)25)10-17(30-31)14-4-3-7-26-11-14;1-2/h3-12H,1-2H3,(H,29,32);1-2H3. The molecule has 0 radical (unpaired) electrons. The molecule has 0 atom stereocenters. The second kappa shape index (κ2) is 10.5. The van der Waals surface area contributed by atoms with Crippen LogP contribution >= 0.6 is 11.6 Å². The van der Waals surface area contributed by atoms with E-state index in [-0.39, 0.29) is 16.7 Å². The number of aryl methyl sites for hydroxylation is 1. The number of nitrogens with zero attached hydrogens (tertiary/aromatic N) is 5. The zero-order chi connectivity index (χ0) is 24.9. The van der Waals surface area contributed by atoms with E-state index < -0.39 is 11.8 Å². The number of aromatic nitrogens is 5. The Morgan fingerprint density at radius 2 is 1.88 bits per heavy atom. The highest BCUT2D eigenvalue weighted by Crippen LogP contribution is 2.32. The molecule has 0 bridgehead atoms. The Morgan fingerprint density at radius 1 is 1.12 bits per heavy atom. The monoisotopic (exact) mass is 484 g/mol. The zero-order valence-corrected chi connectivity index (χ0v) is 19.8. The summed E-state index contributed by atoms with van der Waals surface area (Å²) in [5.74, 6) is -3.37. The molecule has 1 N–H and O–H groups in total. The van der Waals surface area contributed by atoms with Crippen LogP contribution in [0.3, 0.4) is 0 Å². The van der Waals surface area contributed by atoms with E-state index in [9.17, 15) is 13.6 Å². The molecular formula is C24H23ClF2N6O. The topological polar surface area (TPSA) is 85.6 Å². The van der Waals surface area contributed by atoms with Crippen molar-refractivity contribution in [1.29, 1.82) is 0 Å². The molecule has 10 heteroatoms. The summed E-state index contributed by atoms with van der Waals surface area (Å²) < 4.78 is 29.6. The highest BCUT2D eigenvalue weighted by Gasteiger charge is 2.31. The van der Waals surface area contributed by atoms with Crippen molar-refractivity contribution in [3.63, 3.8) is 0 Å². The minimum absolute atomic E-state index is 0.178. The first-order valence-electron chi connectivity index (χ1n) is 10.5. The predicted molar refractivity (Wildman–Crippen MR) is 127 cm³/mol. The molecule has 4 aromatic heterocycles. The third-order valence-corrected chi connectivity index (χ3v) is 4.72. The van der Waals surface area contributed by atoms with Crippen molar-refractivity contribution in [2.45, 2.75) is 33.6 Å². The van der Waals surface area contributed by atoms with E-state index in [1.165, 1.54) is 24.4 Å². The molecule has 0 spiro atoms. The highest BCUT2D eigenvalue weighted by atomic mass is 35.5. The Kier molecular flexibility index (Phi) is 7.68. The van der Waals surface area contributed by atoms with Crippen molar-refractivity contribution in [3.05, 3.63) is 83.2 Å². The van der Waals surface area contributed by atoms with Gasteiger partial charge in [0.15, 0.2) is 5.82 Å². The van der Waals surface area contributed by atoms with Crippen molar-refractivity contribution in [2.24, 2.45) is 0 Å². The lowest BCUT2D eigenvalue weighted by Gasteiger charge is -2.13. The number of carbonyl (C=O) groups excluding carboxylic acids is 1. The molecule has 0 aromatic carbocycles. The first kappa shape index (κ1) is 24.9. The van der Waals surface area contributed by atoms with E-state index in [4.69, 9.17) is 11.6 Å². The van der Waals surface area contributed by atoms with Gasteiger partial charge in [0, 0.05) is 36.1 Å². The third-order valence-electron chi connectivity index (χ3n) is 4.52. The number of hydrogen-bond acceptors (Lipinski definition) is 5. The van der Waals surface area contributed by atoms with Gasteiger partial charge in [-0.2, -0.15) is 13.9 Å². The Balaban J connectivity index is 0.00000158. The molecule has 7 nitrogen and oxygen atoms in total. The predicted octanol–water partition coefficient (Wildman–Crippen LogP) is 6.08. The summed E-state index contributed by atoms with van der Waals surface area (Å²) in [7, 11) is 0. The second-order valence-corrected chi connectivity index (χ2v) is 7.52. The van der Waals surface area contributed by atoms with Crippen molar-refractivity contribution in [2.75, 3.05) is 5.32 Å². The molecule has 1 amide bonds. The van der Waals surface area contributed by atoms with Crippen LogP contribution in [0, 0.1) is 6.92 Å². The molecule has 4 aromatic rings. The number of hydrogen-bond donors (Lipinski definition) is 1. The number of amides is 1. The normalized spacial score (nSPS) is 10.9. The van der Waals surface area contributed by atoms with Crippen molar-refractivity contribution >= 4 is 23.2 Å². The zero-order valence-electron chi connectivity index (χ0n) is 19.1. The molecule has 4 rings (SSSR count). The fourth-order valence-corrected chi connectivity index (χ4v) is 3.32. The molecule has 0 saturated heterocycles. The summed E-state index contributed by atoms with van der Waals surface area (Å²) in [5, 5.41) is 7.20. The first-order valence-corrected chi connectivity index (χ1v) is 10.9. The van der Waals surface area contributed by atoms with E-state index in [2.05, 4.69) is 25.4 Å². The van der Waals surface area contributed by atoms with Gasteiger partial charge in [0.1, 0.15) is 10.8 Å². The van der Waals surface area contributed by atoms with Gasteiger partial charge < -0.3 is 5.32 Å². The van der Waals surface area contributed by atoms with E-state index in [0.717, 1.165) is 11.6 Å². The number of alkyl halides is 2. The minimum Gasteiger partial charge on any atom is -0.321 e. The number of carbonyl (C=O) groups is 1. The van der Waals surface area contributed by atoms with Gasteiger partial charge in [-0.25, -0.2) is 14.6 Å². The molecule has 0 aliphatic rings. The van der Waals surface area contributed by atoms with Crippen molar-refractivity contribution < 1.29 is 13.6 Å². The van der Waals surface area contributed by atoms with Crippen molar-refractivity contribution in [1.82, 2.24) is 24.7 Å². The maximum Gasteiger partial charge on any atom is 0.287 e. The molecular weight excluding hydrogens is 462 g/mol. The maximum atomic E-state index is 14.3. The van der Waals surface area contributed by atoms with Crippen LogP contribution in [0.4, 0.5) is 14.5 Å². The summed E-state index contributed by atoms with van der Waals surface area (Å²) in [5.41, 5.74) is 1.96. The van der Waals surface area contributed by atoms with Crippen LogP contribution in [0.5, 0.6) is 0 Å². The summed E-state index contributed by atoms with van der Waals surface area (Å²) in [6.07, 6.45) is 4.50. The van der Waals surface area contributed by atoms with Gasteiger partial charge >= 0.3 is 0 Å². The lowest BCUT2D eigenvalue weighted by molar-refractivity contribution is 0.0101. The lowest BCUT2D eigenvalue weighted by atomic mass is 10.2. The molecule has 0 fully saturated rings. The van der Waals surface area contributed by atoms with Crippen LogP contribution in [0.15, 0.2) is 61.1 Å². The Morgan fingerprint density at radius 3 is 2.47 bits per heavy atom. The largest absolute Gasteiger partial charge is 0.321 e. The first-order chi connectivity index (χ1) is 16.2. The Labute approximate surface area is 200 Å². The fraction of sp³-hybridized carbons (Fsp3) is 0.208. The summed E-state index contributed by atoms with van der Waals surface area (Å²) in [6, 6.07) is 10.8. The minimum atomic E-state index is -3.15. The molecule has 176 valence electrons. The highest BCUT2D eigenvalue weighted by molar-refractivity contribution is 6.29. The van der Waals surface area contributed by atoms with Crippen LogP contribution in [0.2, 0.25) is 5.15 Å². The number of pyridine rings is 3. The van der Waals surface area contributed by atoms with Gasteiger partial charge in [0.25, 0.3) is 11.8 Å². The van der Waals surface area contributed by atoms with Crippen LogP contribution < -0.4 is 5.32 Å². The Hall–Kier alpha value is -3.72. The third kappa shape index (κ3) is 5.79. The molecule has 34 heavy (non-hydrogen) atoms. The quantitative estimate of drug-likeness (QED) is 0.347. The van der Waals surface area contributed by atoms with E-state index >= 15 is 0 Å². The summed E-state index contributed by atoms with van der Waals surface area (Å²) >= 11 is 5.91. The molecule has 4 heterocycles. The molecule has 0 aliphatic carbocycles.